The van der Waals surface area contributed by atoms with E-state index in [1.807, 2.05) is 0 Å². The molecule has 0 bridgehead atoms. The van der Waals surface area contributed by atoms with Gasteiger partial charge in [0.15, 0.2) is 6.61 Å². The van der Waals surface area contributed by atoms with E-state index >= 15 is 0 Å². The number of nitrogens with zero attached hydrogens (tertiary/aromatic N) is 2. The van der Waals surface area contributed by atoms with Crippen molar-refractivity contribution in [2.24, 2.45) is 0 Å². The summed E-state index contributed by atoms with van der Waals surface area (Å²) in [4.78, 5) is 23.9. The normalized spacial score (nSPS) is 10.3. The van der Waals surface area contributed by atoms with Crippen LogP contribution >= 0.6 is 27.5 Å². The van der Waals surface area contributed by atoms with Crippen LogP contribution in [0, 0.1) is 0 Å². The molecule has 0 aliphatic heterocycles. The first-order valence-electron chi connectivity index (χ1n) is 7.79. The molecule has 1 heterocycles. The molecule has 0 aliphatic rings. The Balaban J connectivity index is 1.49. The number of carbonyl (C=O) groups excluding carboxylic acids is 2. The van der Waals surface area contributed by atoms with E-state index in [1.165, 1.54) is 10.9 Å². The molecule has 0 saturated carbocycles. The van der Waals surface area contributed by atoms with Crippen LogP contribution in [0.25, 0.3) is 5.69 Å². The second-order valence-corrected chi connectivity index (χ2v) is 6.75. The number of nitrogens with one attached hydrogen (secondary N) is 2. The third kappa shape index (κ3) is 5.32. The minimum atomic E-state index is -0.493. The minimum absolute atomic E-state index is 0.230. The third-order valence-corrected chi connectivity index (χ3v) is 4.22. The van der Waals surface area contributed by atoms with Crippen molar-refractivity contribution in [3.63, 3.8) is 0 Å². The van der Waals surface area contributed by atoms with E-state index in [1.54, 1.807) is 54.7 Å². The molecule has 0 fully saturated rings. The van der Waals surface area contributed by atoms with Crippen LogP contribution in [0.15, 0.2) is 65.4 Å². The van der Waals surface area contributed by atoms with E-state index in [0.29, 0.717) is 16.3 Å². The standard InChI is InChI=1S/C18H14BrClN4O3/c19-13-1-7-16(8-2-13)27-11-17(25)22-23-18(26)12-9-21-24(10-12)15-5-3-14(20)4-6-15/h1-10H,11H2,(H,22,25)(H,23,26). The quantitative estimate of drug-likeness (QED) is 0.586. The number of amides is 2. The topological polar surface area (TPSA) is 85.2 Å². The molecule has 27 heavy (non-hydrogen) atoms. The lowest BCUT2D eigenvalue weighted by molar-refractivity contribution is -0.123. The molecule has 2 amide bonds. The molecule has 1 aromatic heterocycles. The van der Waals surface area contributed by atoms with Gasteiger partial charge < -0.3 is 4.74 Å². The number of hydrogen-bond donors (Lipinski definition) is 2. The number of ether oxygens (including phenoxy) is 1. The zero-order valence-corrected chi connectivity index (χ0v) is 16.2. The zero-order chi connectivity index (χ0) is 19.2. The van der Waals surface area contributed by atoms with Gasteiger partial charge in [-0.25, -0.2) is 4.68 Å². The van der Waals surface area contributed by atoms with Crippen LogP contribution in [0.4, 0.5) is 0 Å². The summed E-state index contributed by atoms with van der Waals surface area (Å²) in [5.74, 6) is -0.438. The molecule has 3 aromatic rings. The summed E-state index contributed by atoms with van der Waals surface area (Å²) in [6, 6.07) is 14.0. The Labute approximate surface area is 168 Å². The van der Waals surface area contributed by atoms with Crippen molar-refractivity contribution < 1.29 is 14.3 Å². The first-order valence-corrected chi connectivity index (χ1v) is 8.96. The second kappa shape index (κ2) is 8.70. The van der Waals surface area contributed by atoms with Gasteiger partial charge in [-0.3, -0.25) is 20.4 Å². The number of benzene rings is 2. The van der Waals surface area contributed by atoms with Crippen molar-refractivity contribution in [3.8, 4) is 11.4 Å². The van der Waals surface area contributed by atoms with E-state index < -0.39 is 11.8 Å². The Bertz CT molecular complexity index is 942. The number of halogens is 2. The third-order valence-electron chi connectivity index (χ3n) is 3.43. The first kappa shape index (κ1) is 18.9. The molecule has 0 spiro atoms. The molecule has 0 saturated heterocycles. The van der Waals surface area contributed by atoms with Gasteiger partial charge in [-0.15, -0.1) is 0 Å². The maximum absolute atomic E-state index is 12.1. The van der Waals surface area contributed by atoms with Crippen LogP contribution < -0.4 is 15.6 Å². The first-order chi connectivity index (χ1) is 13.0. The lowest BCUT2D eigenvalue weighted by Crippen LogP contribution is -2.43. The Morgan fingerprint density at radius 1 is 1.07 bits per heavy atom. The highest BCUT2D eigenvalue weighted by Gasteiger charge is 2.11. The van der Waals surface area contributed by atoms with Gasteiger partial charge >= 0.3 is 0 Å². The van der Waals surface area contributed by atoms with Crippen molar-refractivity contribution in [1.29, 1.82) is 0 Å². The maximum atomic E-state index is 12.1. The van der Waals surface area contributed by atoms with Crippen LogP contribution in [-0.2, 0) is 4.79 Å². The molecule has 2 aromatic carbocycles. The van der Waals surface area contributed by atoms with Gasteiger partial charge in [0.2, 0.25) is 0 Å². The van der Waals surface area contributed by atoms with Crippen molar-refractivity contribution >= 4 is 39.3 Å². The Kier molecular flexibility index (Phi) is 6.10. The van der Waals surface area contributed by atoms with Crippen LogP contribution in [0.5, 0.6) is 5.75 Å². The van der Waals surface area contributed by atoms with Gasteiger partial charge in [0, 0.05) is 15.7 Å². The van der Waals surface area contributed by atoms with Gasteiger partial charge in [0.05, 0.1) is 17.4 Å². The highest BCUT2D eigenvalue weighted by molar-refractivity contribution is 9.10. The molecule has 3 rings (SSSR count). The number of rotatable bonds is 5. The van der Waals surface area contributed by atoms with Crippen LogP contribution in [-0.4, -0.2) is 28.2 Å². The van der Waals surface area contributed by atoms with E-state index in [4.69, 9.17) is 16.3 Å². The fourth-order valence-corrected chi connectivity index (χ4v) is 2.48. The van der Waals surface area contributed by atoms with E-state index in [2.05, 4.69) is 31.9 Å². The number of hydrazine groups is 1. The fraction of sp³-hybridized carbons (Fsp3) is 0.0556. The molecule has 0 atom stereocenters. The van der Waals surface area contributed by atoms with E-state index in [-0.39, 0.29) is 6.61 Å². The SMILES string of the molecule is O=C(COc1ccc(Br)cc1)NNC(=O)c1cnn(-c2ccc(Cl)cc2)c1. The second-order valence-electron chi connectivity index (χ2n) is 5.39. The summed E-state index contributed by atoms with van der Waals surface area (Å²) in [6.07, 6.45) is 2.94. The molecule has 0 aliphatic carbocycles. The van der Waals surface area contributed by atoms with E-state index in [0.717, 1.165) is 10.2 Å². The highest BCUT2D eigenvalue weighted by atomic mass is 79.9. The van der Waals surface area contributed by atoms with Gasteiger partial charge in [0.25, 0.3) is 11.8 Å². The molecular formula is C18H14BrClN4O3. The monoisotopic (exact) mass is 448 g/mol. The summed E-state index contributed by atoms with van der Waals surface area (Å²) >= 11 is 9.16. The van der Waals surface area contributed by atoms with Crippen LogP contribution in [0.3, 0.4) is 0 Å². The summed E-state index contributed by atoms with van der Waals surface area (Å²) in [7, 11) is 0. The van der Waals surface area contributed by atoms with Gasteiger partial charge in [0.1, 0.15) is 5.75 Å². The van der Waals surface area contributed by atoms with Crippen LogP contribution in [0.1, 0.15) is 10.4 Å². The molecule has 0 radical (unpaired) electrons. The maximum Gasteiger partial charge on any atom is 0.276 e. The molecule has 138 valence electrons. The molecule has 0 unspecified atom stereocenters. The van der Waals surface area contributed by atoms with Crippen molar-refractivity contribution in [2.75, 3.05) is 6.61 Å². The zero-order valence-electron chi connectivity index (χ0n) is 13.9. The lowest BCUT2D eigenvalue weighted by atomic mass is 10.3. The predicted octanol–water partition coefficient (Wildman–Crippen LogP) is 3.13. The Morgan fingerprint density at radius 3 is 2.48 bits per heavy atom. The average Bonchev–Trinajstić information content (AvgIpc) is 3.16. The van der Waals surface area contributed by atoms with E-state index in [9.17, 15) is 9.59 Å². The van der Waals surface area contributed by atoms with Crippen molar-refractivity contribution in [1.82, 2.24) is 20.6 Å². The average molecular weight is 450 g/mol. The predicted molar refractivity (Wildman–Crippen MR) is 104 cm³/mol. The summed E-state index contributed by atoms with van der Waals surface area (Å²) in [5.41, 5.74) is 5.66. The Hall–Kier alpha value is -2.84. The summed E-state index contributed by atoms with van der Waals surface area (Å²) < 4.78 is 7.76. The highest BCUT2D eigenvalue weighted by Crippen LogP contribution is 2.16. The van der Waals surface area contributed by atoms with Gasteiger partial charge in [-0.2, -0.15) is 5.10 Å². The Morgan fingerprint density at radius 2 is 1.78 bits per heavy atom. The molecular weight excluding hydrogens is 436 g/mol. The van der Waals surface area contributed by atoms with Crippen LogP contribution in [0.2, 0.25) is 5.02 Å². The van der Waals surface area contributed by atoms with Crippen molar-refractivity contribution in [3.05, 3.63) is 76.0 Å². The lowest BCUT2D eigenvalue weighted by Gasteiger charge is -2.08. The van der Waals surface area contributed by atoms with Gasteiger partial charge in [-0.05, 0) is 48.5 Å². The smallest absolute Gasteiger partial charge is 0.276 e. The number of hydrogen-bond acceptors (Lipinski definition) is 4. The largest absolute Gasteiger partial charge is 0.484 e. The summed E-state index contributed by atoms with van der Waals surface area (Å²) in [5, 5.41) is 4.73. The number of carbonyl (C=O) groups is 2. The molecule has 9 heteroatoms. The number of aromatic nitrogens is 2. The molecule has 7 nitrogen and oxygen atoms in total. The van der Waals surface area contributed by atoms with Gasteiger partial charge in [-0.1, -0.05) is 27.5 Å². The minimum Gasteiger partial charge on any atom is -0.484 e. The fourth-order valence-electron chi connectivity index (χ4n) is 2.09. The van der Waals surface area contributed by atoms with Crippen molar-refractivity contribution in [2.45, 2.75) is 0 Å². The molecule has 2 N–H and O–H groups in total. The summed E-state index contributed by atoms with van der Waals surface area (Å²) in [6.45, 7) is -0.230.